The van der Waals surface area contributed by atoms with Gasteiger partial charge in [0.25, 0.3) is 5.91 Å². The van der Waals surface area contributed by atoms with E-state index in [0.717, 1.165) is 6.21 Å². The summed E-state index contributed by atoms with van der Waals surface area (Å²) in [6.45, 7) is 9.77. The van der Waals surface area contributed by atoms with Gasteiger partial charge >= 0.3 is 0 Å². The number of carbonyl (C=O) groups excluding carboxylic acids is 2. The number of nitrogens with one attached hydrogen (secondary N) is 2. The molecule has 0 fully saturated rings. The molecule has 0 saturated heterocycles. The predicted octanol–water partition coefficient (Wildman–Crippen LogP) is 2.51. The first-order chi connectivity index (χ1) is 8.65. The summed E-state index contributed by atoms with van der Waals surface area (Å²) >= 11 is 0. The molecule has 0 bridgehead atoms. The van der Waals surface area contributed by atoms with E-state index in [9.17, 15) is 9.59 Å². The van der Waals surface area contributed by atoms with Crippen molar-refractivity contribution in [3.05, 3.63) is 23.3 Å². The average molecular weight is 264 g/mol. The zero-order valence-electron chi connectivity index (χ0n) is 12.6. The lowest BCUT2D eigenvalue weighted by molar-refractivity contribution is -0.117. The van der Waals surface area contributed by atoms with Crippen molar-refractivity contribution in [3.63, 3.8) is 0 Å². The van der Waals surface area contributed by atoms with Crippen molar-refractivity contribution in [2.75, 3.05) is 7.05 Å². The number of rotatable bonds is 5. The number of hydrogen-bond donors (Lipinski definition) is 2. The van der Waals surface area contributed by atoms with Gasteiger partial charge in [0.2, 0.25) is 0 Å². The van der Waals surface area contributed by atoms with Gasteiger partial charge in [-0.05, 0) is 18.3 Å². The molecule has 0 aromatic rings. The SMILES string of the molecule is CNC(=O)C(C=N)=C(C=CC(C)C(C)(C)C)C(C)=O. The summed E-state index contributed by atoms with van der Waals surface area (Å²) in [4.78, 5) is 23.3. The minimum absolute atomic E-state index is 0.0796. The molecule has 2 N–H and O–H groups in total. The largest absolute Gasteiger partial charge is 0.355 e. The molecule has 1 unspecified atom stereocenters. The van der Waals surface area contributed by atoms with Gasteiger partial charge in [-0.3, -0.25) is 9.59 Å². The molecule has 0 aliphatic heterocycles. The first-order valence-corrected chi connectivity index (χ1v) is 6.31. The third kappa shape index (κ3) is 5.20. The monoisotopic (exact) mass is 264 g/mol. The van der Waals surface area contributed by atoms with Crippen molar-refractivity contribution >= 4 is 17.9 Å². The summed E-state index contributed by atoms with van der Waals surface area (Å²) in [6, 6.07) is 0. The van der Waals surface area contributed by atoms with Gasteiger partial charge in [-0.15, -0.1) is 0 Å². The van der Waals surface area contributed by atoms with Crippen molar-refractivity contribution in [2.24, 2.45) is 11.3 Å². The van der Waals surface area contributed by atoms with Crippen LogP contribution in [0.3, 0.4) is 0 Å². The summed E-state index contributed by atoms with van der Waals surface area (Å²) in [7, 11) is 1.48. The van der Waals surface area contributed by atoms with Gasteiger partial charge in [0.15, 0.2) is 5.78 Å². The molecule has 19 heavy (non-hydrogen) atoms. The summed E-state index contributed by atoms with van der Waals surface area (Å²) in [6.07, 6.45) is 4.47. The van der Waals surface area contributed by atoms with Gasteiger partial charge in [-0.1, -0.05) is 39.8 Å². The molecule has 4 heteroatoms. The quantitative estimate of drug-likeness (QED) is 0.455. The second kappa shape index (κ2) is 7.02. The van der Waals surface area contributed by atoms with E-state index >= 15 is 0 Å². The van der Waals surface area contributed by atoms with Crippen molar-refractivity contribution in [3.8, 4) is 0 Å². The smallest absolute Gasteiger partial charge is 0.253 e. The van der Waals surface area contributed by atoms with Gasteiger partial charge in [0, 0.05) is 18.8 Å². The number of likely N-dealkylation sites (N-methyl/N-ethyl adjacent to an activating group) is 1. The number of allylic oxidation sites excluding steroid dienone is 3. The Bertz CT molecular complexity index is 426. The van der Waals surface area contributed by atoms with Crippen LogP contribution >= 0.6 is 0 Å². The van der Waals surface area contributed by atoms with Gasteiger partial charge in [-0.2, -0.15) is 0 Å². The van der Waals surface area contributed by atoms with Crippen LogP contribution in [0.15, 0.2) is 23.3 Å². The number of hydrogen-bond acceptors (Lipinski definition) is 3. The third-order valence-electron chi connectivity index (χ3n) is 3.20. The van der Waals surface area contributed by atoms with Crippen LogP contribution < -0.4 is 5.32 Å². The Kier molecular flexibility index (Phi) is 6.39. The third-order valence-corrected chi connectivity index (χ3v) is 3.20. The van der Waals surface area contributed by atoms with E-state index < -0.39 is 5.91 Å². The Balaban J connectivity index is 5.53. The first-order valence-electron chi connectivity index (χ1n) is 6.31. The van der Waals surface area contributed by atoms with Crippen LogP contribution in [-0.2, 0) is 9.59 Å². The van der Waals surface area contributed by atoms with Gasteiger partial charge in [0.1, 0.15) is 0 Å². The summed E-state index contributed by atoms with van der Waals surface area (Å²) in [5, 5.41) is 9.73. The van der Waals surface area contributed by atoms with Crippen LogP contribution in [0.2, 0.25) is 0 Å². The molecule has 0 spiro atoms. The Morgan fingerprint density at radius 3 is 2.05 bits per heavy atom. The highest BCUT2D eigenvalue weighted by atomic mass is 16.2. The van der Waals surface area contributed by atoms with Crippen LogP contribution in [-0.4, -0.2) is 25.0 Å². The maximum Gasteiger partial charge on any atom is 0.253 e. The van der Waals surface area contributed by atoms with Crippen molar-refractivity contribution in [1.82, 2.24) is 5.32 Å². The highest BCUT2D eigenvalue weighted by Crippen LogP contribution is 2.26. The topological polar surface area (TPSA) is 70.0 Å². The number of carbonyl (C=O) groups is 2. The molecule has 0 aliphatic carbocycles. The van der Waals surface area contributed by atoms with Crippen LogP contribution in [0, 0.1) is 16.7 Å². The Labute approximate surface area is 115 Å². The minimum atomic E-state index is -0.423. The fraction of sp³-hybridized carbons (Fsp3) is 0.533. The first kappa shape index (κ1) is 17.3. The van der Waals surface area contributed by atoms with E-state index in [2.05, 4.69) is 33.0 Å². The van der Waals surface area contributed by atoms with Crippen molar-refractivity contribution < 1.29 is 9.59 Å². The molecule has 1 atom stereocenters. The molecule has 0 rings (SSSR count). The highest BCUT2D eigenvalue weighted by Gasteiger charge is 2.18. The molecule has 0 heterocycles. The van der Waals surface area contributed by atoms with Crippen LogP contribution in [0.5, 0.6) is 0 Å². The molecule has 0 aliphatic rings. The molecule has 0 saturated carbocycles. The number of amides is 1. The summed E-state index contributed by atoms with van der Waals surface area (Å²) in [5.41, 5.74) is 0.439. The Morgan fingerprint density at radius 1 is 1.21 bits per heavy atom. The second-order valence-corrected chi connectivity index (χ2v) is 5.62. The summed E-state index contributed by atoms with van der Waals surface area (Å²) in [5.74, 6) is -0.397. The van der Waals surface area contributed by atoms with E-state index in [1.807, 2.05) is 6.08 Å². The van der Waals surface area contributed by atoms with E-state index in [4.69, 9.17) is 5.41 Å². The number of Topliss-reactive ketones (excluding diaryl/α,β-unsaturated/α-hetero) is 1. The normalized spacial score (nSPS) is 14.8. The lowest BCUT2D eigenvalue weighted by atomic mass is 9.81. The molecule has 0 radical (unpaired) electrons. The van der Waals surface area contributed by atoms with Crippen molar-refractivity contribution in [1.29, 1.82) is 5.41 Å². The molecule has 4 nitrogen and oxygen atoms in total. The highest BCUT2D eigenvalue weighted by molar-refractivity contribution is 6.18. The van der Waals surface area contributed by atoms with E-state index in [1.54, 1.807) is 6.08 Å². The predicted molar refractivity (Wildman–Crippen MR) is 78.3 cm³/mol. The average Bonchev–Trinajstić information content (AvgIpc) is 2.31. The molecular weight excluding hydrogens is 240 g/mol. The fourth-order valence-electron chi connectivity index (χ4n) is 1.33. The number of ketones is 1. The van der Waals surface area contributed by atoms with E-state index in [-0.39, 0.29) is 28.3 Å². The van der Waals surface area contributed by atoms with Crippen molar-refractivity contribution in [2.45, 2.75) is 34.6 Å². The maximum atomic E-state index is 11.6. The molecule has 0 aromatic carbocycles. The van der Waals surface area contributed by atoms with Crippen LogP contribution in [0.25, 0.3) is 0 Å². The van der Waals surface area contributed by atoms with Gasteiger partial charge in [-0.25, -0.2) is 0 Å². The van der Waals surface area contributed by atoms with Gasteiger partial charge < -0.3 is 10.7 Å². The molecular formula is C15H24N2O2. The molecule has 106 valence electrons. The Hall–Kier alpha value is -1.71. The zero-order chi connectivity index (χ0) is 15.2. The van der Waals surface area contributed by atoms with Gasteiger partial charge in [0.05, 0.1) is 5.57 Å². The molecule has 1 amide bonds. The van der Waals surface area contributed by atoms with Crippen LogP contribution in [0.1, 0.15) is 34.6 Å². The molecule has 0 aromatic heterocycles. The summed E-state index contributed by atoms with van der Waals surface area (Å²) < 4.78 is 0. The van der Waals surface area contributed by atoms with Crippen LogP contribution in [0.4, 0.5) is 0 Å². The fourth-order valence-corrected chi connectivity index (χ4v) is 1.33. The second-order valence-electron chi connectivity index (χ2n) is 5.62. The Morgan fingerprint density at radius 2 is 1.74 bits per heavy atom. The standard InChI is InChI=1S/C15H24N2O2/c1-10(15(3,4)5)7-8-12(11(2)18)13(9-16)14(19)17-6/h7-10,16H,1-6H3,(H,17,19). The minimum Gasteiger partial charge on any atom is -0.355 e. The zero-order valence-corrected chi connectivity index (χ0v) is 12.6. The van der Waals surface area contributed by atoms with E-state index in [1.165, 1.54) is 14.0 Å². The lowest BCUT2D eigenvalue weighted by Crippen LogP contribution is -2.23. The maximum absolute atomic E-state index is 11.6. The van der Waals surface area contributed by atoms with E-state index in [0.29, 0.717) is 0 Å². The lowest BCUT2D eigenvalue weighted by Gasteiger charge is -2.24.